The average molecular weight is 218 g/mol. The van der Waals surface area contributed by atoms with Gasteiger partial charge in [0.2, 0.25) is 0 Å². The van der Waals surface area contributed by atoms with Crippen molar-refractivity contribution >= 4 is 13.1 Å². The maximum atomic E-state index is 12.0. The molecule has 0 saturated heterocycles. The second kappa shape index (κ2) is 4.79. The summed E-state index contributed by atoms with van der Waals surface area (Å²) >= 11 is 0. The molecule has 0 spiro atoms. The Morgan fingerprint density at radius 3 is 2.36 bits per heavy atom. The SMILES string of the molecule is C=CCC(C)(C(=O)OCC)P(C)(C)=O. The molecular weight excluding hydrogens is 199 g/mol. The lowest BCUT2D eigenvalue weighted by molar-refractivity contribution is -0.145. The van der Waals surface area contributed by atoms with Gasteiger partial charge in [0.1, 0.15) is 5.16 Å². The van der Waals surface area contributed by atoms with Crippen molar-refractivity contribution in [1.29, 1.82) is 0 Å². The van der Waals surface area contributed by atoms with Crippen LogP contribution in [0.3, 0.4) is 0 Å². The van der Waals surface area contributed by atoms with E-state index in [1.165, 1.54) is 0 Å². The van der Waals surface area contributed by atoms with Crippen molar-refractivity contribution in [2.24, 2.45) is 0 Å². The third kappa shape index (κ3) is 2.71. The number of carbonyl (C=O) groups excluding carboxylic acids is 1. The third-order valence-electron chi connectivity index (χ3n) is 2.45. The van der Waals surface area contributed by atoms with Gasteiger partial charge in [-0.25, -0.2) is 0 Å². The van der Waals surface area contributed by atoms with Gasteiger partial charge in [-0.3, -0.25) is 4.79 Å². The number of hydrogen-bond donors (Lipinski definition) is 0. The zero-order chi connectivity index (χ0) is 11.4. The van der Waals surface area contributed by atoms with Crippen LogP contribution in [0, 0.1) is 0 Å². The van der Waals surface area contributed by atoms with Gasteiger partial charge in [0.05, 0.1) is 13.7 Å². The predicted molar refractivity (Wildman–Crippen MR) is 59.3 cm³/mol. The van der Waals surface area contributed by atoms with Crippen LogP contribution in [0.5, 0.6) is 0 Å². The molecule has 0 aliphatic carbocycles. The van der Waals surface area contributed by atoms with E-state index in [1.54, 1.807) is 33.3 Å². The summed E-state index contributed by atoms with van der Waals surface area (Å²) in [5, 5.41) is -0.926. The van der Waals surface area contributed by atoms with Crippen LogP contribution in [-0.4, -0.2) is 31.1 Å². The van der Waals surface area contributed by atoms with E-state index in [9.17, 15) is 9.36 Å². The van der Waals surface area contributed by atoms with Gasteiger partial charge in [-0.15, -0.1) is 6.58 Å². The van der Waals surface area contributed by atoms with Gasteiger partial charge in [-0.2, -0.15) is 0 Å². The molecule has 0 saturated carbocycles. The molecule has 0 aromatic heterocycles. The van der Waals surface area contributed by atoms with E-state index >= 15 is 0 Å². The molecule has 0 amide bonds. The van der Waals surface area contributed by atoms with Crippen molar-refractivity contribution in [2.75, 3.05) is 19.9 Å². The maximum Gasteiger partial charge on any atom is 0.319 e. The van der Waals surface area contributed by atoms with Crippen molar-refractivity contribution in [3.8, 4) is 0 Å². The molecule has 4 heteroatoms. The normalized spacial score (nSPS) is 15.7. The standard InChI is InChI=1S/C10H19O3P/c1-6-8-10(3,14(4,5)12)9(11)13-7-2/h6H,1,7-8H2,2-5H3. The van der Waals surface area contributed by atoms with E-state index in [1.807, 2.05) is 0 Å². The van der Waals surface area contributed by atoms with Crippen LogP contribution in [0.1, 0.15) is 20.3 Å². The fraction of sp³-hybridized carbons (Fsp3) is 0.700. The van der Waals surface area contributed by atoms with Crippen LogP contribution in [0.15, 0.2) is 12.7 Å². The highest BCUT2D eigenvalue weighted by molar-refractivity contribution is 7.65. The van der Waals surface area contributed by atoms with Gasteiger partial charge in [0.25, 0.3) is 0 Å². The molecule has 0 radical (unpaired) electrons. The molecule has 1 atom stereocenters. The number of hydrogen-bond acceptors (Lipinski definition) is 3. The summed E-state index contributed by atoms with van der Waals surface area (Å²) in [6.07, 6.45) is 1.99. The van der Waals surface area contributed by atoms with Crippen molar-refractivity contribution < 1.29 is 14.1 Å². The average Bonchev–Trinajstić information content (AvgIpc) is 2.03. The molecule has 1 unspecified atom stereocenters. The summed E-state index contributed by atoms with van der Waals surface area (Å²) in [5.74, 6) is -0.395. The Morgan fingerprint density at radius 1 is 1.57 bits per heavy atom. The van der Waals surface area contributed by atoms with Gasteiger partial charge >= 0.3 is 5.97 Å². The molecule has 0 heterocycles. The van der Waals surface area contributed by atoms with Crippen molar-refractivity contribution in [3.05, 3.63) is 12.7 Å². The quantitative estimate of drug-likeness (QED) is 0.404. The summed E-state index contributed by atoms with van der Waals surface area (Å²) in [5.41, 5.74) is 0. The highest BCUT2D eigenvalue weighted by atomic mass is 31.2. The van der Waals surface area contributed by atoms with Crippen molar-refractivity contribution in [3.63, 3.8) is 0 Å². The number of ether oxygens (including phenoxy) is 1. The van der Waals surface area contributed by atoms with E-state index in [4.69, 9.17) is 4.74 Å². The van der Waals surface area contributed by atoms with Crippen LogP contribution < -0.4 is 0 Å². The van der Waals surface area contributed by atoms with Gasteiger partial charge in [-0.05, 0) is 33.6 Å². The third-order valence-corrected chi connectivity index (χ3v) is 5.19. The Hall–Kier alpha value is -0.560. The van der Waals surface area contributed by atoms with Gasteiger partial charge in [-0.1, -0.05) is 6.08 Å². The lowest BCUT2D eigenvalue weighted by Gasteiger charge is -2.29. The Balaban J connectivity index is 4.99. The Bertz CT molecular complexity index is 267. The first-order valence-corrected chi connectivity index (χ1v) is 7.23. The second-order valence-corrected chi connectivity index (χ2v) is 7.53. The van der Waals surface area contributed by atoms with E-state index < -0.39 is 18.3 Å². The molecular formula is C10H19O3P. The highest BCUT2D eigenvalue weighted by Crippen LogP contribution is 2.54. The van der Waals surface area contributed by atoms with Crippen LogP contribution in [-0.2, 0) is 14.1 Å². The number of rotatable bonds is 5. The molecule has 82 valence electrons. The van der Waals surface area contributed by atoms with E-state index in [0.717, 1.165) is 0 Å². The van der Waals surface area contributed by atoms with Crippen LogP contribution in [0.25, 0.3) is 0 Å². The number of allylic oxidation sites excluding steroid dienone is 1. The molecule has 3 nitrogen and oxygen atoms in total. The minimum Gasteiger partial charge on any atom is -0.465 e. The Kier molecular flexibility index (Phi) is 4.60. The van der Waals surface area contributed by atoms with Gasteiger partial charge in [0, 0.05) is 0 Å². The number of carbonyl (C=O) groups is 1. The fourth-order valence-corrected chi connectivity index (χ4v) is 2.16. The lowest BCUT2D eigenvalue weighted by atomic mass is 10.1. The summed E-state index contributed by atoms with van der Waals surface area (Å²) in [7, 11) is -2.54. The van der Waals surface area contributed by atoms with Crippen LogP contribution in [0.2, 0.25) is 0 Å². The van der Waals surface area contributed by atoms with Crippen molar-refractivity contribution in [1.82, 2.24) is 0 Å². The zero-order valence-electron chi connectivity index (χ0n) is 9.37. The molecule has 0 aromatic carbocycles. The summed E-state index contributed by atoms with van der Waals surface area (Å²) in [6, 6.07) is 0. The fourth-order valence-electron chi connectivity index (χ4n) is 1.09. The maximum absolute atomic E-state index is 12.0. The van der Waals surface area contributed by atoms with Crippen LogP contribution >= 0.6 is 7.14 Å². The molecule has 0 aromatic rings. The zero-order valence-corrected chi connectivity index (χ0v) is 10.3. The van der Waals surface area contributed by atoms with Crippen LogP contribution in [0.4, 0.5) is 0 Å². The van der Waals surface area contributed by atoms with E-state index in [2.05, 4.69) is 6.58 Å². The van der Waals surface area contributed by atoms with E-state index in [0.29, 0.717) is 13.0 Å². The largest absolute Gasteiger partial charge is 0.465 e. The smallest absolute Gasteiger partial charge is 0.319 e. The molecule has 0 fully saturated rings. The molecule has 14 heavy (non-hydrogen) atoms. The molecule has 0 bridgehead atoms. The van der Waals surface area contributed by atoms with E-state index in [-0.39, 0.29) is 0 Å². The number of esters is 1. The molecule has 0 aliphatic heterocycles. The topological polar surface area (TPSA) is 43.4 Å². The first kappa shape index (κ1) is 13.4. The Labute approximate surface area is 85.9 Å². The van der Waals surface area contributed by atoms with Gasteiger partial charge in [0.15, 0.2) is 0 Å². The Morgan fingerprint density at radius 2 is 2.07 bits per heavy atom. The second-order valence-electron chi connectivity index (χ2n) is 3.84. The minimum absolute atomic E-state index is 0.311. The highest BCUT2D eigenvalue weighted by Gasteiger charge is 2.44. The summed E-state index contributed by atoms with van der Waals surface area (Å²) < 4.78 is 16.9. The van der Waals surface area contributed by atoms with Gasteiger partial charge < -0.3 is 9.30 Å². The molecule has 0 aliphatic rings. The molecule has 0 rings (SSSR count). The monoisotopic (exact) mass is 218 g/mol. The minimum atomic E-state index is -2.54. The summed E-state index contributed by atoms with van der Waals surface area (Å²) in [6.45, 7) is 10.5. The molecule has 0 N–H and O–H groups in total. The lowest BCUT2D eigenvalue weighted by Crippen LogP contribution is -2.36. The predicted octanol–water partition coefficient (Wildman–Crippen LogP) is 2.51. The summed E-state index contributed by atoms with van der Waals surface area (Å²) in [4.78, 5) is 11.7. The first-order chi connectivity index (χ1) is 6.29. The van der Waals surface area contributed by atoms with Crippen molar-refractivity contribution in [2.45, 2.75) is 25.4 Å². The first-order valence-electron chi connectivity index (χ1n) is 4.62.